The average molecular weight is 287 g/mol. The van der Waals surface area contributed by atoms with Crippen molar-refractivity contribution in [3.8, 4) is 0 Å². The van der Waals surface area contributed by atoms with Gasteiger partial charge in [0.15, 0.2) is 0 Å². The molecule has 1 saturated heterocycles. The molecule has 3 heterocycles. The monoisotopic (exact) mass is 287 g/mol. The smallest absolute Gasteiger partial charge is 0.249 e. The molecule has 0 spiro atoms. The second-order valence-corrected chi connectivity index (χ2v) is 6.09. The first kappa shape index (κ1) is 14.0. The molecule has 0 saturated carbocycles. The predicted octanol–water partition coefficient (Wildman–Crippen LogP) is 1.62. The first-order valence-electron chi connectivity index (χ1n) is 7.64. The van der Waals surface area contributed by atoms with Crippen LogP contribution < -0.4 is 4.90 Å². The van der Waals surface area contributed by atoms with Crippen molar-refractivity contribution < 1.29 is 9.59 Å². The molecule has 5 heteroatoms. The Balaban J connectivity index is 1.81. The number of fused-ring (bicyclic) bond motifs is 1. The first-order chi connectivity index (χ1) is 10.1. The quantitative estimate of drug-likeness (QED) is 0.830. The van der Waals surface area contributed by atoms with Crippen molar-refractivity contribution in [3.63, 3.8) is 0 Å². The number of hydrogen-bond acceptors (Lipinski definition) is 3. The summed E-state index contributed by atoms with van der Waals surface area (Å²) in [4.78, 5) is 32.8. The minimum Gasteiger partial charge on any atom is -0.330 e. The molecule has 0 aromatic carbocycles. The van der Waals surface area contributed by atoms with Crippen molar-refractivity contribution in [1.82, 2.24) is 9.88 Å². The van der Waals surface area contributed by atoms with Crippen LogP contribution in [0.4, 0.5) is 5.69 Å². The standard InChI is InChI=1S/C16H21N3O2/c1-11(2)15(20)18-8-3-4-14(18)16(21)19-9-6-12-10-17-7-5-13(12)19/h5,7,10-11,14H,3-4,6,8-9H2,1-2H3. The lowest BCUT2D eigenvalue weighted by Crippen LogP contribution is -2.48. The second kappa shape index (κ2) is 5.47. The number of rotatable bonds is 2. The number of anilines is 1. The summed E-state index contributed by atoms with van der Waals surface area (Å²) in [5.74, 6) is 0.0833. The Kier molecular flexibility index (Phi) is 3.66. The number of carbonyl (C=O) groups is 2. The van der Waals surface area contributed by atoms with Crippen LogP contribution in [0.25, 0.3) is 0 Å². The van der Waals surface area contributed by atoms with E-state index in [1.54, 1.807) is 11.1 Å². The lowest BCUT2D eigenvalue weighted by atomic mass is 10.1. The third-order valence-corrected chi connectivity index (χ3v) is 4.35. The van der Waals surface area contributed by atoms with Gasteiger partial charge in [0, 0.05) is 31.4 Å². The average Bonchev–Trinajstić information content (AvgIpc) is 3.12. The van der Waals surface area contributed by atoms with Crippen LogP contribution in [0.1, 0.15) is 32.3 Å². The van der Waals surface area contributed by atoms with Gasteiger partial charge in [0.2, 0.25) is 11.8 Å². The van der Waals surface area contributed by atoms with Gasteiger partial charge < -0.3 is 9.80 Å². The Labute approximate surface area is 124 Å². The molecule has 2 aliphatic rings. The molecule has 1 fully saturated rings. The van der Waals surface area contributed by atoms with Gasteiger partial charge in [-0.05, 0) is 30.9 Å². The summed E-state index contributed by atoms with van der Waals surface area (Å²) in [6.45, 7) is 5.17. The summed E-state index contributed by atoms with van der Waals surface area (Å²) in [6, 6.07) is 1.60. The van der Waals surface area contributed by atoms with Gasteiger partial charge in [0.25, 0.3) is 0 Å². The fourth-order valence-electron chi connectivity index (χ4n) is 3.26. The van der Waals surface area contributed by atoms with E-state index in [2.05, 4.69) is 4.98 Å². The van der Waals surface area contributed by atoms with Crippen LogP contribution in [0.15, 0.2) is 18.5 Å². The molecule has 0 N–H and O–H groups in total. The molecule has 0 radical (unpaired) electrons. The van der Waals surface area contributed by atoms with Gasteiger partial charge in [-0.1, -0.05) is 13.8 Å². The number of pyridine rings is 1. The van der Waals surface area contributed by atoms with E-state index in [-0.39, 0.29) is 23.8 Å². The highest BCUT2D eigenvalue weighted by Crippen LogP contribution is 2.30. The highest BCUT2D eigenvalue weighted by atomic mass is 16.2. The number of carbonyl (C=O) groups excluding carboxylic acids is 2. The van der Waals surface area contributed by atoms with E-state index in [1.807, 2.05) is 31.0 Å². The molecule has 0 aliphatic carbocycles. The third kappa shape index (κ3) is 2.41. The van der Waals surface area contributed by atoms with E-state index in [4.69, 9.17) is 0 Å². The van der Waals surface area contributed by atoms with Crippen molar-refractivity contribution in [3.05, 3.63) is 24.0 Å². The van der Waals surface area contributed by atoms with Gasteiger partial charge in [-0.25, -0.2) is 0 Å². The number of aromatic nitrogens is 1. The van der Waals surface area contributed by atoms with Gasteiger partial charge >= 0.3 is 0 Å². The van der Waals surface area contributed by atoms with E-state index in [1.165, 1.54) is 0 Å². The van der Waals surface area contributed by atoms with E-state index in [9.17, 15) is 9.59 Å². The molecule has 3 rings (SSSR count). The molecular formula is C16H21N3O2. The molecule has 1 atom stereocenters. The Morgan fingerprint density at radius 3 is 2.90 bits per heavy atom. The summed E-state index contributed by atoms with van der Waals surface area (Å²) in [7, 11) is 0. The minimum absolute atomic E-state index is 0.0615. The van der Waals surface area contributed by atoms with Gasteiger partial charge in [0.05, 0.1) is 5.69 Å². The summed E-state index contributed by atoms with van der Waals surface area (Å²) >= 11 is 0. The van der Waals surface area contributed by atoms with Crippen LogP contribution in [0.2, 0.25) is 0 Å². The molecule has 2 aliphatic heterocycles. The van der Waals surface area contributed by atoms with Crippen molar-refractivity contribution in [2.45, 2.75) is 39.2 Å². The number of amides is 2. The van der Waals surface area contributed by atoms with Crippen LogP contribution in [0, 0.1) is 5.92 Å². The maximum atomic E-state index is 12.9. The second-order valence-electron chi connectivity index (χ2n) is 6.09. The van der Waals surface area contributed by atoms with Crippen molar-refractivity contribution in [2.24, 2.45) is 5.92 Å². The van der Waals surface area contributed by atoms with Crippen LogP contribution in [-0.2, 0) is 16.0 Å². The van der Waals surface area contributed by atoms with Crippen molar-refractivity contribution >= 4 is 17.5 Å². The van der Waals surface area contributed by atoms with E-state index < -0.39 is 0 Å². The molecule has 112 valence electrons. The summed E-state index contributed by atoms with van der Waals surface area (Å²) < 4.78 is 0. The highest BCUT2D eigenvalue weighted by Gasteiger charge is 2.39. The van der Waals surface area contributed by atoms with Crippen LogP contribution in [0.3, 0.4) is 0 Å². The van der Waals surface area contributed by atoms with E-state index in [0.29, 0.717) is 13.1 Å². The lowest BCUT2D eigenvalue weighted by Gasteiger charge is -2.29. The molecule has 1 aromatic rings. The summed E-state index contributed by atoms with van der Waals surface area (Å²) in [6.07, 6.45) is 6.07. The number of hydrogen-bond donors (Lipinski definition) is 0. The van der Waals surface area contributed by atoms with Crippen LogP contribution >= 0.6 is 0 Å². The predicted molar refractivity (Wildman–Crippen MR) is 79.9 cm³/mol. The zero-order valence-electron chi connectivity index (χ0n) is 12.6. The fraction of sp³-hybridized carbons (Fsp3) is 0.562. The molecule has 1 aromatic heterocycles. The summed E-state index contributed by atoms with van der Waals surface area (Å²) in [5, 5.41) is 0. The maximum absolute atomic E-state index is 12.9. The van der Waals surface area contributed by atoms with Gasteiger partial charge in [-0.15, -0.1) is 0 Å². The Hall–Kier alpha value is -1.91. The zero-order valence-corrected chi connectivity index (χ0v) is 12.6. The van der Waals surface area contributed by atoms with Gasteiger partial charge in [-0.2, -0.15) is 0 Å². The zero-order chi connectivity index (χ0) is 15.0. The van der Waals surface area contributed by atoms with Crippen LogP contribution in [0.5, 0.6) is 0 Å². The molecule has 2 amide bonds. The van der Waals surface area contributed by atoms with Gasteiger partial charge in [-0.3, -0.25) is 14.6 Å². The lowest BCUT2D eigenvalue weighted by molar-refractivity contribution is -0.139. The highest BCUT2D eigenvalue weighted by molar-refractivity contribution is 6.01. The largest absolute Gasteiger partial charge is 0.330 e. The third-order valence-electron chi connectivity index (χ3n) is 4.35. The van der Waals surface area contributed by atoms with E-state index in [0.717, 1.165) is 30.5 Å². The summed E-state index contributed by atoms with van der Waals surface area (Å²) in [5.41, 5.74) is 2.07. The SMILES string of the molecule is CC(C)C(=O)N1CCCC1C(=O)N1CCc2cnccc21. The first-order valence-corrected chi connectivity index (χ1v) is 7.64. The number of nitrogens with zero attached hydrogens (tertiary/aromatic N) is 3. The minimum atomic E-state index is -0.293. The molecule has 21 heavy (non-hydrogen) atoms. The van der Waals surface area contributed by atoms with Crippen LogP contribution in [-0.4, -0.2) is 40.8 Å². The Morgan fingerprint density at radius 2 is 2.14 bits per heavy atom. The molecule has 1 unspecified atom stereocenters. The molecule has 5 nitrogen and oxygen atoms in total. The van der Waals surface area contributed by atoms with Crippen molar-refractivity contribution in [1.29, 1.82) is 0 Å². The molecular weight excluding hydrogens is 266 g/mol. The molecule has 0 bridgehead atoms. The van der Waals surface area contributed by atoms with Crippen molar-refractivity contribution in [2.75, 3.05) is 18.0 Å². The maximum Gasteiger partial charge on any atom is 0.249 e. The Bertz CT molecular complexity index is 570. The normalized spacial score (nSPS) is 21.0. The topological polar surface area (TPSA) is 53.5 Å². The van der Waals surface area contributed by atoms with E-state index >= 15 is 0 Å². The van der Waals surface area contributed by atoms with Gasteiger partial charge in [0.1, 0.15) is 6.04 Å². The Morgan fingerprint density at radius 1 is 1.33 bits per heavy atom. The fourth-order valence-corrected chi connectivity index (χ4v) is 3.26. The number of likely N-dealkylation sites (tertiary alicyclic amines) is 1.